The molecule has 0 radical (unpaired) electrons. The molecule has 3 N–H and O–H groups in total. The molecule has 1 aromatic rings. The number of sulfonamides is 1. The lowest BCUT2D eigenvalue weighted by atomic mass is 10.2. The van der Waals surface area contributed by atoms with Crippen LogP contribution in [0.3, 0.4) is 0 Å². The van der Waals surface area contributed by atoms with Gasteiger partial charge in [-0.05, 0) is 37.1 Å². The fourth-order valence-electron chi connectivity index (χ4n) is 1.32. The van der Waals surface area contributed by atoms with E-state index >= 15 is 0 Å². The Bertz CT molecular complexity index is 486. The summed E-state index contributed by atoms with van der Waals surface area (Å²) in [7, 11) is -3.44. The van der Waals surface area contributed by atoms with Crippen LogP contribution in [0.4, 0.5) is 0 Å². The van der Waals surface area contributed by atoms with Crippen molar-refractivity contribution >= 4 is 26.0 Å². The first kappa shape index (κ1) is 13.6. The van der Waals surface area contributed by atoms with Crippen molar-refractivity contribution in [2.45, 2.75) is 18.7 Å². The van der Waals surface area contributed by atoms with Gasteiger partial charge in [-0.25, -0.2) is 13.1 Å². The van der Waals surface area contributed by atoms with Gasteiger partial charge in [-0.2, -0.15) is 0 Å². The van der Waals surface area contributed by atoms with Gasteiger partial charge < -0.3 is 5.73 Å². The molecule has 0 saturated heterocycles. The molecule has 0 bridgehead atoms. The Balaban J connectivity index is 3.18. The standard InChI is InChI=1S/C10H15BrN2O2S/c1-7-6-10(8(2)5-9(7)11)16(14,15)13-4-3-12/h5-6,13H,3-4,12H2,1-2H3. The van der Waals surface area contributed by atoms with E-state index in [1.807, 2.05) is 6.92 Å². The van der Waals surface area contributed by atoms with Crippen LogP contribution in [-0.2, 0) is 10.0 Å². The van der Waals surface area contributed by atoms with Gasteiger partial charge in [0, 0.05) is 17.6 Å². The van der Waals surface area contributed by atoms with Gasteiger partial charge in [-0.15, -0.1) is 0 Å². The Morgan fingerprint density at radius 3 is 2.50 bits per heavy atom. The van der Waals surface area contributed by atoms with Crippen LogP contribution in [0, 0.1) is 13.8 Å². The smallest absolute Gasteiger partial charge is 0.240 e. The molecule has 0 unspecified atom stereocenters. The molecular formula is C10H15BrN2O2S. The molecule has 0 aliphatic carbocycles. The third-order valence-electron chi connectivity index (χ3n) is 2.18. The van der Waals surface area contributed by atoms with Crippen LogP contribution in [0.1, 0.15) is 11.1 Å². The Hall–Kier alpha value is -0.430. The third kappa shape index (κ3) is 3.04. The molecule has 0 heterocycles. The zero-order chi connectivity index (χ0) is 12.3. The molecule has 4 nitrogen and oxygen atoms in total. The highest BCUT2D eigenvalue weighted by Crippen LogP contribution is 2.23. The highest BCUT2D eigenvalue weighted by molar-refractivity contribution is 9.10. The molecule has 90 valence electrons. The monoisotopic (exact) mass is 306 g/mol. The van der Waals surface area contributed by atoms with Crippen LogP contribution in [0.25, 0.3) is 0 Å². The lowest BCUT2D eigenvalue weighted by molar-refractivity contribution is 0.581. The van der Waals surface area contributed by atoms with Gasteiger partial charge in [-0.1, -0.05) is 15.9 Å². The number of aryl methyl sites for hydroxylation is 2. The van der Waals surface area contributed by atoms with E-state index in [-0.39, 0.29) is 13.1 Å². The number of hydrogen-bond donors (Lipinski definition) is 2. The summed E-state index contributed by atoms with van der Waals surface area (Å²) in [6.07, 6.45) is 0. The first-order valence-electron chi connectivity index (χ1n) is 4.85. The van der Waals surface area contributed by atoms with Crippen LogP contribution in [0.15, 0.2) is 21.5 Å². The lowest BCUT2D eigenvalue weighted by Gasteiger charge is -2.10. The van der Waals surface area contributed by atoms with Crippen molar-refractivity contribution in [1.29, 1.82) is 0 Å². The summed E-state index contributed by atoms with van der Waals surface area (Å²) < 4.78 is 27.1. The van der Waals surface area contributed by atoms with Crippen molar-refractivity contribution in [3.8, 4) is 0 Å². The van der Waals surface area contributed by atoms with Crippen molar-refractivity contribution in [3.63, 3.8) is 0 Å². The number of nitrogens with two attached hydrogens (primary N) is 1. The highest BCUT2D eigenvalue weighted by Gasteiger charge is 2.16. The summed E-state index contributed by atoms with van der Waals surface area (Å²) in [5.74, 6) is 0. The van der Waals surface area contributed by atoms with Gasteiger partial charge >= 0.3 is 0 Å². The number of hydrogen-bond acceptors (Lipinski definition) is 3. The first-order valence-corrected chi connectivity index (χ1v) is 7.12. The summed E-state index contributed by atoms with van der Waals surface area (Å²) in [4.78, 5) is 0.307. The van der Waals surface area contributed by atoms with Gasteiger partial charge in [0.05, 0.1) is 4.90 Å². The van der Waals surface area contributed by atoms with Gasteiger partial charge in [0.2, 0.25) is 10.0 Å². The molecule has 1 rings (SSSR count). The summed E-state index contributed by atoms with van der Waals surface area (Å²) in [6.45, 7) is 4.15. The van der Waals surface area contributed by atoms with Crippen LogP contribution >= 0.6 is 15.9 Å². The molecule has 0 aliphatic heterocycles. The zero-order valence-electron chi connectivity index (χ0n) is 9.25. The number of halogens is 1. The minimum atomic E-state index is -3.44. The van der Waals surface area contributed by atoms with Gasteiger partial charge in [0.25, 0.3) is 0 Å². The Kier molecular flexibility index (Phi) is 4.49. The number of benzene rings is 1. The van der Waals surface area contributed by atoms with E-state index in [1.165, 1.54) is 0 Å². The Labute approximate surface area is 104 Å². The maximum absolute atomic E-state index is 11.9. The molecule has 6 heteroatoms. The second-order valence-corrected chi connectivity index (χ2v) is 6.14. The lowest BCUT2D eigenvalue weighted by Crippen LogP contribution is -2.29. The van der Waals surface area contributed by atoms with Crippen molar-refractivity contribution in [1.82, 2.24) is 4.72 Å². The molecule has 0 atom stereocenters. The SMILES string of the molecule is Cc1cc(S(=O)(=O)NCCN)c(C)cc1Br. The maximum Gasteiger partial charge on any atom is 0.240 e. The molecule has 1 aromatic carbocycles. The third-order valence-corrected chi connectivity index (χ3v) is 4.64. The van der Waals surface area contributed by atoms with E-state index < -0.39 is 10.0 Å². The van der Waals surface area contributed by atoms with Crippen LogP contribution in [0.5, 0.6) is 0 Å². The molecule has 0 saturated carbocycles. The van der Waals surface area contributed by atoms with E-state index in [1.54, 1.807) is 19.1 Å². The van der Waals surface area contributed by atoms with E-state index in [2.05, 4.69) is 20.7 Å². The quantitative estimate of drug-likeness (QED) is 0.881. The predicted molar refractivity (Wildman–Crippen MR) is 67.9 cm³/mol. The Morgan fingerprint density at radius 2 is 1.94 bits per heavy atom. The predicted octanol–water partition coefficient (Wildman–Crippen LogP) is 1.30. The second-order valence-electron chi connectivity index (χ2n) is 3.55. The molecular weight excluding hydrogens is 292 g/mol. The van der Waals surface area contributed by atoms with Crippen molar-refractivity contribution < 1.29 is 8.42 Å². The summed E-state index contributed by atoms with van der Waals surface area (Å²) in [6, 6.07) is 3.45. The first-order chi connectivity index (χ1) is 7.38. The van der Waals surface area contributed by atoms with Crippen molar-refractivity contribution in [3.05, 3.63) is 27.7 Å². The van der Waals surface area contributed by atoms with Gasteiger partial charge in [0.1, 0.15) is 0 Å². The van der Waals surface area contributed by atoms with E-state index in [0.29, 0.717) is 10.5 Å². The topological polar surface area (TPSA) is 72.2 Å². The molecule has 0 amide bonds. The summed E-state index contributed by atoms with van der Waals surface area (Å²) in [5, 5.41) is 0. The molecule has 0 aliphatic rings. The number of rotatable bonds is 4. The average molecular weight is 307 g/mol. The summed E-state index contributed by atoms with van der Waals surface area (Å²) >= 11 is 3.36. The zero-order valence-corrected chi connectivity index (χ0v) is 11.7. The number of nitrogens with one attached hydrogen (secondary N) is 1. The summed E-state index contributed by atoms with van der Waals surface area (Å²) in [5.41, 5.74) is 6.87. The molecule has 16 heavy (non-hydrogen) atoms. The van der Waals surface area contributed by atoms with Gasteiger partial charge in [0.15, 0.2) is 0 Å². The normalized spacial score (nSPS) is 11.8. The van der Waals surface area contributed by atoms with E-state index in [9.17, 15) is 8.42 Å². The van der Waals surface area contributed by atoms with E-state index in [0.717, 1.165) is 10.0 Å². The second kappa shape index (κ2) is 5.27. The van der Waals surface area contributed by atoms with E-state index in [4.69, 9.17) is 5.73 Å². The Morgan fingerprint density at radius 1 is 1.31 bits per heavy atom. The van der Waals surface area contributed by atoms with Gasteiger partial charge in [-0.3, -0.25) is 0 Å². The molecule has 0 aromatic heterocycles. The van der Waals surface area contributed by atoms with Crippen molar-refractivity contribution in [2.24, 2.45) is 5.73 Å². The largest absolute Gasteiger partial charge is 0.329 e. The van der Waals surface area contributed by atoms with Crippen LogP contribution in [0.2, 0.25) is 0 Å². The fourth-order valence-corrected chi connectivity index (χ4v) is 3.13. The van der Waals surface area contributed by atoms with Crippen LogP contribution < -0.4 is 10.5 Å². The fraction of sp³-hybridized carbons (Fsp3) is 0.400. The minimum Gasteiger partial charge on any atom is -0.329 e. The average Bonchev–Trinajstić information content (AvgIpc) is 2.20. The van der Waals surface area contributed by atoms with Crippen molar-refractivity contribution in [2.75, 3.05) is 13.1 Å². The molecule has 0 fully saturated rings. The highest BCUT2D eigenvalue weighted by atomic mass is 79.9. The minimum absolute atomic E-state index is 0.247. The molecule has 0 spiro atoms. The van der Waals surface area contributed by atoms with Crippen LogP contribution in [-0.4, -0.2) is 21.5 Å². The maximum atomic E-state index is 11.9.